The molecule has 3 aromatic carbocycles. The molecule has 0 bridgehead atoms. The van der Waals surface area contributed by atoms with Gasteiger partial charge in [-0.3, -0.25) is 9.59 Å². The summed E-state index contributed by atoms with van der Waals surface area (Å²) in [5.41, 5.74) is 3.67. The van der Waals surface area contributed by atoms with Crippen LogP contribution in [0, 0.1) is 0 Å². The van der Waals surface area contributed by atoms with Gasteiger partial charge in [-0.25, -0.2) is 10.2 Å². The van der Waals surface area contributed by atoms with E-state index in [-0.39, 0.29) is 27.2 Å². The average molecular weight is 512 g/mol. The second-order valence-corrected chi connectivity index (χ2v) is 7.62. The summed E-state index contributed by atoms with van der Waals surface area (Å²) in [4.78, 5) is 36.2. The van der Waals surface area contributed by atoms with Gasteiger partial charge in [0.25, 0.3) is 0 Å². The van der Waals surface area contributed by atoms with Gasteiger partial charge in [-0.15, -0.1) is 0 Å². The zero-order valence-electron chi connectivity index (χ0n) is 18.3. The number of anilines is 1. The number of methoxy groups -OCH3 is 1. The summed E-state index contributed by atoms with van der Waals surface area (Å²) in [5.74, 6) is -2.09. The molecule has 0 aliphatic carbocycles. The van der Waals surface area contributed by atoms with Crippen LogP contribution < -0.4 is 20.2 Å². The summed E-state index contributed by atoms with van der Waals surface area (Å²) in [6, 6.07) is 18.6. The molecule has 0 saturated heterocycles. The number of halogens is 2. The van der Waals surface area contributed by atoms with E-state index in [1.807, 2.05) is 30.3 Å². The number of carbonyl (C=O) groups excluding carboxylic acids is 3. The monoisotopic (exact) mass is 511 g/mol. The molecule has 0 atom stereocenters. The fraction of sp³-hybridized carbons (Fsp3) is 0.0400. The first-order chi connectivity index (χ1) is 16.9. The molecule has 0 aromatic heterocycles. The Bertz CT molecular complexity index is 1290. The molecule has 0 spiro atoms. The number of hydrazone groups is 1. The summed E-state index contributed by atoms with van der Waals surface area (Å²) in [6.07, 6.45) is 4.23. The molecule has 3 aromatic rings. The highest BCUT2D eigenvalue weighted by atomic mass is 35.5. The van der Waals surface area contributed by atoms with Gasteiger partial charge in [-0.05, 0) is 47.5 Å². The lowest BCUT2D eigenvalue weighted by atomic mass is 10.2. The Morgan fingerprint density at radius 3 is 2.40 bits per heavy atom. The largest absolute Gasteiger partial charge is 0.493 e. The van der Waals surface area contributed by atoms with Crippen LogP contribution in [0.25, 0.3) is 6.08 Å². The third kappa shape index (κ3) is 7.43. The van der Waals surface area contributed by atoms with Crippen LogP contribution in [0.15, 0.2) is 77.9 Å². The van der Waals surface area contributed by atoms with Crippen molar-refractivity contribution in [3.8, 4) is 11.5 Å². The van der Waals surface area contributed by atoms with Gasteiger partial charge in [0, 0.05) is 6.08 Å². The minimum absolute atomic E-state index is 0.113. The van der Waals surface area contributed by atoms with Gasteiger partial charge >= 0.3 is 17.8 Å². The van der Waals surface area contributed by atoms with Crippen molar-refractivity contribution in [1.29, 1.82) is 0 Å². The number of hydrogen-bond acceptors (Lipinski definition) is 6. The number of nitrogens with one attached hydrogen (secondary N) is 2. The van der Waals surface area contributed by atoms with E-state index in [0.717, 1.165) is 5.56 Å². The number of nitrogens with zero attached hydrogens (tertiary/aromatic N) is 1. The molecule has 0 saturated carbocycles. The lowest BCUT2D eigenvalue weighted by Gasteiger charge is -2.08. The minimum atomic E-state index is -1.01. The Labute approximate surface area is 211 Å². The molecule has 2 amide bonds. The maximum Gasteiger partial charge on any atom is 0.336 e. The Balaban J connectivity index is 1.58. The van der Waals surface area contributed by atoms with Gasteiger partial charge in [0.1, 0.15) is 0 Å². The van der Waals surface area contributed by atoms with E-state index >= 15 is 0 Å². The molecular formula is C25H19Cl2N3O5. The highest BCUT2D eigenvalue weighted by molar-refractivity contribution is 6.45. The topological polar surface area (TPSA) is 106 Å². The van der Waals surface area contributed by atoms with E-state index in [1.165, 1.54) is 31.5 Å². The Kier molecular flexibility index (Phi) is 9.00. The van der Waals surface area contributed by atoms with Crippen LogP contribution >= 0.6 is 23.2 Å². The van der Waals surface area contributed by atoms with E-state index in [2.05, 4.69) is 15.8 Å². The summed E-state index contributed by atoms with van der Waals surface area (Å²) in [7, 11) is 1.42. The van der Waals surface area contributed by atoms with Gasteiger partial charge < -0.3 is 14.8 Å². The maximum atomic E-state index is 12.1. The minimum Gasteiger partial charge on any atom is -0.493 e. The van der Waals surface area contributed by atoms with Crippen molar-refractivity contribution < 1.29 is 23.9 Å². The quantitative estimate of drug-likeness (QED) is 0.119. The van der Waals surface area contributed by atoms with Crippen molar-refractivity contribution in [2.75, 3.05) is 12.4 Å². The lowest BCUT2D eigenvalue weighted by molar-refractivity contribution is -0.136. The van der Waals surface area contributed by atoms with Crippen LogP contribution in [0.5, 0.6) is 11.5 Å². The zero-order valence-corrected chi connectivity index (χ0v) is 19.8. The molecule has 0 heterocycles. The van der Waals surface area contributed by atoms with Crippen LogP contribution in [-0.2, 0) is 14.4 Å². The van der Waals surface area contributed by atoms with Crippen LogP contribution in [0.4, 0.5) is 5.69 Å². The van der Waals surface area contributed by atoms with Crippen LogP contribution in [0.1, 0.15) is 11.1 Å². The fourth-order valence-electron chi connectivity index (χ4n) is 2.72. The second kappa shape index (κ2) is 12.4. The third-order valence-corrected chi connectivity index (χ3v) is 5.21. The highest BCUT2D eigenvalue weighted by Crippen LogP contribution is 2.29. The average Bonchev–Trinajstić information content (AvgIpc) is 2.86. The zero-order chi connectivity index (χ0) is 25.2. The molecule has 178 valence electrons. The Hall–Kier alpha value is -4.14. The van der Waals surface area contributed by atoms with Crippen molar-refractivity contribution in [2.24, 2.45) is 5.10 Å². The van der Waals surface area contributed by atoms with Crippen LogP contribution in [0.3, 0.4) is 0 Å². The second-order valence-electron chi connectivity index (χ2n) is 6.83. The molecule has 0 radical (unpaired) electrons. The van der Waals surface area contributed by atoms with Crippen molar-refractivity contribution in [3.05, 3.63) is 94.0 Å². The number of hydrogen-bond donors (Lipinski definition) is 2. The van der Waals surface area contributed by atoms with Crippen molar-refractivity contribution >= 4 is 59.0 Å². The van der Waals surface area contributed by atoms with Crippen molar-refractivity contribution in [3.63, 3.8) is 0 Å². The first kappa shape index (κ1) is 25.5. The maximum absolute atomic E-state index is 12.1. The van der Waals surface area contributed by atoms with Crippen LogP contribution in [-0.4, -0.2) is 31.1 Å². The molecule has 35 heavy (non-hydrogen) atoms. The number of amides is 2. The molecule has 0 fully saturated rings. The van der Waals surface area contributed by atoms with E-state index in [4.69, 9.17) is 32.7 Å². The standard InChI is InChI=1S/C25H19Cl2N3O5/c1-34-21-14-17(10-12-20(21)35-22(31)13-11-16-6-3-2-4-7-16)15-28-30-25(33)24(32)29-19-9-5-8-18(26)23(19)27/h2-15H,1H3,(H,29,32)(H,30,33)/b13-11+,28-15+. The summed E-state index contributed by atoms with van der Waals surface area (Å²) in [6.45, 7) is 0. The summed E-state index contributed by atoms with van der Waals surface area (Å²) >= 11 is 11.9. The highest BCUT2D eigenvalue weighted by Gasteiger charge is 2.15. The smallest absolute Gasteiger partial charge is 0.336 e. The predicted molar refractivity (Wildman–Crippen MR) is 135 cm³/mol. The number of esters is 1. The SMILES string of the molecule is COc1cc(/C=N/NC(=O)C(=O)Nc2cccc(Cl)c2Cl)ccc1OC(=O)/C=C/c1ccccc1. The lowest BCUT2D eigenvalue weighted by Crippen LogP contribution is -2.32. The molecule has 0 unspecified atom stereocenters. The molecular weight excluding hydrogens is 493 g/mol. The molecule has 0 aliphatic heterocycles. The Morgan fingerprint density at radius 2 is 1.66 bits per heavy atom. The van der Waals surface area contributed by atoms with Crippen LogP contribution in [0.2, 0.25) is 10.0 Å². The van der Waals surface area contributed by atoms with Gasteiger partial charge in [-0.1, -0.05) is 59.6 Å². The number of rotatable bonds is 7. The number of benzene rings is 3. The molecule has 3 rings (SSSR count). The molecule has 0 aliphatic rings. The van der Waals surface area contributed by atoms with Gasteiger partial charge in [0.15, 0.2) is 11.5 Å². The molecule has 2 N–H and O–H groups in total. The number of carbonyl (C=O) groups is 3. The number of ether oxygens (including phenoxy) is 2. The van der Waals surface area contributed by atoms with E-state index in [0.29, 0.717) is 5.56 Å². The van der Waals surface area contributed by atoms with Gasteiger partial charge in [0.2, 0.25) is 0 Å². The Morgan fingerprint density at radius 1 is 0.886 bits per heavy atom. The van der Waals surface area contributed by atoms with Gasteiger partial charge in [-0.2, -0.15) is 5.10 Å². The first-order valence-corrected chi connectivity index (χ1v) is 10.8. The van der Waals surface area contributed by atoms with Crippen molar-refractivity contribution in [2.45, 2.75) is 0 Å². The third-order valence-electron chi connectivity index (χ3n) is 4.40. The summed E-state index contributed by atoms with van der Waals surface area (Å²) in [5, 5.41) is 6.45. The molecule has 8 nitrogen and oxygen atoms in total. The van der Waals surface area contributed by atoms with Crippen molar-refractivity contribution in [1.82, 2.24) is 5.43 Å². The first-order valence-electron chi connectivity index (χ1n) is 10.1. The van der Waals surface area contributed by atoms with Gasteiger partial charge in [0.05, 0.1) is 29.1 Å². The van der Waals surface area contributed by atoms with E-state index in [1.54, 1.807) is 30.3 Å². The summed E-state index contributed by atoms with van der Waals surface area (Å²) < 4.78 is 10.6. The normalized spacial score (nSPS) is 10.8. The van der Waals surface area contributed by atoms with E-state index < -0.39 is 17.8 Å². The molecule has 10 heteroatoms. The fourth-order valence-corrected chi connectivity index (χ4v) is 3.06. The van der Waals surface area contributed by atoms with E-state index in [9.17, 15) is 14.4 Å². The predicted octanol–water partition coefficient (Wildman–Crippen LogP) is 4.71.